The quantitative estimate of drug-likeness (QED) is 0.795. The number of rotatable bonds is 5. The molecule has 3 nitrogen and oxygen atoms in total. The molecule has 6 heteroatoms. The zero-order valence-corrected chi connectivity index (χ0v) is 9.60. The van der Waals surface area contributed by atoms with Crippen molar-refractivity contribution in [2.24, 2.45) is 0 Å². The molecule has 18 heavy (non-hydrogen) atoms. The highest BCUT2D eigenvalue weighted by Gasteiger charge is 2.20. The molecule has 2 N–H and O–H groups in total. The fraction of sp³-hybridized carbons (Fsp3) is 0.417. The van der Waals surface area contributed by atoms with Crippen molar-refractivity contribution in [3.63, 3.8) is 0 Å². The number of carbonyl (C=O) groups is 1. The van der Waals surface area contributed by atoms with Gasteiger partial charge in [0, 0.05) is 31.1 Å². The van der Waals surface area contributed by atoms with E-state index in [1.165, 1.54) is 0 Å². The third kappa shape index (κ3) is 3.46. The smallest absolute Gasteiger partial charge is 0.225 e. The molecule has 0 bridgehead atoms. The normalized spacial score (nSPS) is 14.6. The van der Waals surface area contributed by atoms with E-state index in [9.17, 15) is 18.0 Å². The summed E-state index contributed by atoms with van der Waals surface area (Å²) in [7, 11) is 0. The third-order valence-corrected chi connectivity index (χ3v) is 2.65. The molecule has 1 aliphatic carbocycles. The first-order chi connectivity index (χ1) is 8.56. The topological polar surface area (TPSA) is 41.1 Å². The average Bonchev–Trinajstić information content (AvgIpc) is 3.10. The highest BCUT2D eigenvalue weighted by molar-refractivity contribution is 5.90. The van der Waals surface area contributed by atoms with E-state index in [4.69, 9.17) is 0 Å². The summed E-state index contributed by atoms with van der Waals surface area (Å²) in [4.78, 5) is 11.4. The van der Waals surface area contributed by atoms with Gasteiger partial charge in [-0.1, -0.05) is 0 Å². The fourth-order valence-corrected chi connectivity index (χ4v) is 1.51. The summed E-state index contributed by atoms with van der Waals surface area (Å²) >= 11 is 0. The van der Waals surface area contributed by atoms with Crippen LogP contribution in [0.1, 0.15) is 19.3 Å². The Morgan fingerprint density at radius 1 is 1.17 bits per heavy atom. The molecule has 0 radical (unpaired) electrons. The molecule has 1 fully saturated rings. The Kier molecular flexibility index (Phi) is 3.86. The van der Waals surface area contributed by atoms with Crippen molar-refractivity contribution in [1.82, 2.24) is 5.32 Å². The van der Waals surface area contributed by atoms with E-state index in [1.807, 2.05) is 0 Å². The number of anilines is 1. The molecule has 98 valence electrons. The number of hydrogen-bond donors (Lipinski definition) is 2. The zero-order chi connectivity index (χ0) is 13.1. The van der Waals surface area contributed by atoms with Crippen LogP contribution in [0, 0.1) is 17.5 Å². The van der Waals surface area contributed by atoms with Gasteiger partial charge in [-0.25, -0.2) is 13.2 Å². The predicted molar refractivity (Wildman–Crippen MR) is 60.6 cm³/mol. The summed E-state index contributed by atoms with van der Waals surface area (Å²) in [5, 5.41) is 5.33. The highest BCUT2D eigenvalue weighted by atomic mass is 19.2. The largest absolute Gasteiger partial charge is 0.323 e. The van der Waals surface area contributed by atoms with Crippen LogP contribution >= 0.6 is 0 Å². The van der Waals surface area contributed by atoms with Crippen molar-refractivity contribution < 1.29 is 18.0 Å². The number of benzene rings is 1. The van der Waals surface area contributed by atoms with Crippen LogP contribution < -0.4 is 10.6 Å². The number of nitrogens with one attached hydrogen (secondary N) is 2. The molecule has 0 atom stereocenters. The van der Waals surface area contributed by atoms with Crippen molar-refractivity contribution >= 4 is 11.6 Å². The third-order valence-electron chi connectivity index (χ3n) is 2.65. The SMILES string of the molecule is O=C(CCNC1CC1)Nc1cc(F)c(F)cc1F. The van der Waals surface area contributed by atoms with Gasteiger partial charge in [-0.15, -0.1) is 0 Å². The van der Waals surface area contributed by atoms with Gasteiger partial charge in [0.1, 0.15) is 5.82 Å². The number of amides is 1. The van der Waals surface area contributed by atoms with Gasteiger partial charge in [0.25, 0.3) is 0 Å². The standard InChI is InChI=1S/C12H13F3N2O/c13-8-5-10(15)11(6-9(8)14)17-12(18)3-4-16-7-1-2-7/h5-7,16H,1-4H2,(H,17,18). The molecule has 0 saturated heterocycles. The summed E-state index contributed by atoms with van der Waals surface area (Å²) in [5.74, 6) is -3.89. The van der Waals surface area contributed by atoms with Crippen LogP contribution in [0.4, 0.5) is 18.9 Å². The first-order valence-corrected chi connectivity index (χ1v) is 5.74. The maximum absolute atomic E-state index is 13.2. The monoisotopic (exact) mass is 258 g/mol. The van der Waals surface area contributed by atoms with E-state index in [1.54, 1.807) is 0 Å². The Morgan fingerprint density at radius 3 is 2.50 bits per heavy atom. The molecule has 1 aromatic carbocycles. The van der Waals surface area contributed by atoms with Gasteiger partial charge in [-0.3, -0.25) is 4.79 Å². The van der Waals surface area contributed by atoms with Crippen molar-refractivity contribution in [3.05, 3.63) is 29.6 Å². The van der Waals surface area contributed by atoms with Gasteiger partial charge in [0.05, 0.1) is 5.69 Å². The van der Waals surface area contributed by atoms with Crippen molar-refractivity contribution in [1.29, 1.82) is 0 Å². The first-order valence-electron chi connectivity index (χ1n) is 5.74. The molecular weight excluding hydrogens is 245 g/mol. The van der Waals surface area contributed by atoms with E-state index in [-0.39, 0.29) is 12.1 Å². The molecule has 1 saturated carbocycles. The van der Waals surface area contributed by atoms with Crippen LogP contribution in [-0.4, -0.2) is 18.5 Å². The second kappa shape index (κ2) is 5.39. The predicted octanol–water partition coefficient (Wildman–Crippen LogP) is 2.18. The minimum Gasteiger partial charge on any atom is -0.323 e. The van der Waals surface area contributed by atoms with Crippen molar-refractivity contribution in [3.8, 4) is 0 Å². The molecule has 1 amide bonds. The minimum absolute atomic E-state index is 0.162. The number of halogens is 3. The molecule has 1 aliphatic rings. The fourth-order valence-electron chi connectivity index (χ4n) is 1.51. The van der Waals surface area contributed by atoms with Crippen LogP contribution in [0.3, 0.4) is 0 Å². The Morgan fingerprint density at radius 2 is 1.83 bits per heavy atom. The number of hydrogen-bond acceptors (Lipinski definition) is 2. The second-order valence-corrected chi connectivity index (χ2v) is 4.27. The maximum Gasteiger partial charge on any atom is 0.225 e. The van der Waals surface area contributed by atoms with E-state index in [2.05, 4.69) is 10.6 Å². The lowest BCUT2D eigenvalue weighted by atomic mass is 10.2. The lowest BCUT2D eigenvalue weighted by Crippen LogP contribution is -2.23. The minimum atomic E-state index is -1.28. The van der Waals surface area contributed by atoms with E-state index >= 15 is 0 Å². The van der Waals surface area contributed by atoms with Gasteiger partial charge < -0.3 is 10.6 Å². The highest BCUT2D eigenvalue weighted by Crippen LogP contribution is 2.19. The average molecular weight is 258 g/mol. The van der Waals surface area contributed by atoms with Gasteiger partial charge >= 0.3 is 0 Å². The van der Waals surface area contributed by atoms with Crippen LogP contribution in [-0.2, 0) is 4.79 Å². The molecule has 0 aromatic heterocycles. The lowest BCUT2D eigenvalue weighted by molar-refractivity contribution is -0.116. The molecular formula is C12H13F3N2O. The summed E-state index contributed by atoms with van der Waals surface area (Å²) in [6.45, 7) is 0.488. The van der Waals surface area contributed by atoms with Gasteiger partial charge in [0.15, 0.2) is 11.6 Å². The van der Waals surface area contributed by atoms with E-state index < -0.39 is 23.4 Å². The summed E-state index contributed by atoms with van der Waals surface area (Å²) < 4.78 is 38.7. The van der Waals surface area contributed by atoms with E-state index in [0.29, 0.717) is 24.7 Å². The Bertz CT molecular complexity index is 461. The molecule has 1 aromatic rings. The van der Waals surface area contributed by atoms with Gasteiger partial charge in [0.2, 0.25) is 5.91 Å². The van der Waals surface area contributed by atoms with Crippen LogP contribution in [0.2, 0.25) is 0 Å². The van der Waals surface area contributed by atoms with Gasteiger partial charge in [-0.05, 0) is 12.8 Å². The zero-order valence-electron chi connectivity index (χ0n) is 9.60. The Labute approximate surface area is 102 Å². The van der Waals surface area contributed by atoms with Gasteiger partial charge in [-0.2, -0.15) is 0 Å². The molecule has 0 spiro atoms. The summed E-state index contributed by atoms with van der Waals surface area (Å²) in [6, 6.07) is 1.53. The van der Waals surface area contributed by atoms with Crippen molar-refractivity contribution in [2.75, 3.05) is 11.9 Å². The summed E-state index contributed by atoms with van der Waals surface area (Å²) in [5.41, 5.74) is -0.342. The lowest BCUT2D eigenvalue weighted by Gasteiger charge is -2.07. The van der Waals surface area contributed by atoms with Crippen molar-refractivity contribution in [2.45, 2.75) is 25.3 Å². The Balaban J connectivity index is 1.87. The summed E-state index contributed by atoms with van der Waals surface area (Å²) in [6.07, 6.45) is 2.38. The molecule has 0 aliphatic heterocycles. The van der Waals surface area contributed by atoms with Crippen LogP contribution in [0.5, 0.6) is 0 Å². The van der Waals surface area contributed by atoms with E-state index in [0.717, 1.165) is 12.8 Å². The second-order valence-electron chi connectivity index (χ2n) is 4.27. The first kappa shape index (κ1) is 12.9. The molecule has 2 rings (SSSR count). The van der Waals surface area contributed by atoms with Crippen LogP contribution in [0.25, 0.3) is 0 Å². The maximum atomic E-state index is 13.2. The molecule has 0 unspecified atom stereocenters. The Hall–Kier alpha value is -1.56. The molecule has 0 heterocycles. The van der Waals surface area contributed by atoms with Crippen LogP contribution in [0.15, 0.2) is 12.1 Å². The number of carbonyl (C=O) groups excluding carboxylic acids is 1.